The topological polar surface area (TPSA) is 38.0 Å². The van der Waals surface area contributed by atoms with Crippen LogP contribution in [0.5, 0.6) is 0 Å². The SMILES string of the molecule is CCCCCCCC(NN)c1ccc(Cl)cc1. The summed E-state index contributed by atoms with van der Waals surface area (Å²) >= 11 is 5.87. The maximum atomic E-state index is 5.87. The summed E-state index contributed by atoms with van der Waals surface area (Å²) in [7, 11) is 0. The fourth-order valence-electron chi connectivity index (χ4n) is 1.99. The minimum absolute atomic E-state index is 0.244. The summed E-state index contributed by atoms with van der Waals surface area (Å²) < 4.78 is 0. The molecule has 3 N–H and O–H groups in total. The number of rotatable bonds is 8. The van der Waals surface area contributed by atoms with Crippen LogP contribution in [0.2, 0.25) is 5.02 Å². The Hall–Kier alpha value is -0.570. The minimum Gasteiger partial charge on any atom is -0.271 e. The van der Waals surface area contributed by atoms with E-state index in [-0.39, 0.29) is 6.04 Å². The number of hydrogen-bond acceptors (Lipinski definition) is 2. The van der Waals surface area contributed by atoms with Gasteiger partial charge >= 0.3 is 0 Å². The number of hydrazine groups is 1. The van der Waals surface area contributed by atoms with Crippen LogP contribution in [0.15, 0.2) is 24.3 Å². The summed E-state index contributed by atoms with van der Waals surface area (Å²) in [6, 6.07) is 8.16. The van der Waals surface area contributed by atoms with Crippen LogP contribution >= 0.6 is 11.6 Å². The molecule has 0 saturated heterocycles. The molecule has 0 aliphatic carbocycles. The largest absolute Gasteiger partial charge is 0.271 e. The van der Waals surface area contributed by atoms with Crippen molar-refractivity contribution in [3.05, 3.63) is 34.9 Å². The van der Waals surface area contributed by atoms with Gasteiger partial charge in [0, 0.05) is 11.1 Å². The van der Waals surface area contributed by atoms with Crippen LogP contribution in [0.1, 0.15) is 57.1 Å². The molecule has 2 nitrogen and oxygen atoms in total. The van der Waals surface area contributed by atoms with Gasteiger partial charge in [0.2, 0.25) is 0 Å². The normalized spacial score (nSPS) is 12.6. The maximum Gasteiger partial charge on any atom is 0.0460 e. The van der Waals surface area contributed by atoms with Crippen molar-refractivity contribution >= 4 is 11.6 Å². The first-order chi connectivity index (χ1) is 8.27. The quantitative estimate of drug-likeness (QED) is 0.414. The van der Waals surface area contributed by atoms with Crippen LogP contribution in [-0.2, 0) is 0 Å². The number of unbranched alkanes of at least 4 members (excludes halogenated alkanes) is 4. The second kappa shape index (κ2) is 8.51. The lowest BCUT2D eigenvalue weighted by molar-refractivity contribution is 0.479. The van der Waals surface area contributed by atoms with Crippen molar-refractivity contribution in [1.29, 1.82) is 0 Å². The predicted molar refractivity (Wildman–Crippen MR) is 74.9 cm³/mol. The lowest BCUT2D eigenvalue weighted by atomic mass is 10.0. The van der Waals surface area contributed by atoms with Gasteiger partial charge in [-0.1, -0.05) is 62.8 Å². The van der Waals surface area contributed by atoms with E-state index in [4.69, 9.17) is 17.4 Å². The molecule has 1 unspecified atom stereocenters. The van der Waals surface area contributed by atoms with Crippen LogP contribution in [0, 0.1) is 0 Å². The minimum atomic E-state index is 0.244. The Balaban J connectivity index is 2.35. The summed E-state index contributed by atoms with van der Waals surface area (Å²) in [5.74, 6) is 5.60. The molecule has 1 rings (SSSR count). The van der Waals surface area contributed by atoms with Crippen LogP contribution in [-0.4, -0.2) is 0 Å². The van der Waals surface area contributed by atoms with E-state index in [0.717, 1.165) is 11.4 Å². The molecule has 0 amide bonds. The number of hydrogen-bond donors (Lipinski definition) is 2. The van der Waals surface area contributed by atoms with E-state index in [0.29, 0.717) is 0 Å². The number of nitrogens with two attached hydrogens (primary N) is 1. The van der Waals surface area contributed by atoms with Crippen LogP contribution in [0.3, 0.4) is 0 Å². The molecule has 0 spiro atoms. The van der Waals surface area contributed by atoms with E-state index in [1.54, 1.807) is 0 Å². The summed E-state index contributed by atoms with van der Waals surface area (Å²) in [6.07, 6.45) is 7.55. The van der Waals surface area contributed by atoms with Crippen molar-refractivity contribution in [2.75, 3.05) is 0 Å². The van der Waals surface area contributed by atoms with E-state index in [9.17, 15) is 0 Å². The molecule has 1 aromatic rings. The molecule has 0 saturated carbocycles. The fraction of sp³-hybridized carbons (Fsp3) is 0.571. The van der Waals surface area contributed by atoms with Gasteiger partial charge in [-0.3, -0.25) is 11.3 Å². The average molecular weight is 255 g/mol. The first-order valence-electron chi connectivity index (χ1n) is 6.49. The third kappa shape index (κ3) is 5.53. The van der Waals surface area contributed by atoms with E-state index < -0.39 is 0 Å². The smallest absolute Gasteiger partial charge is 0.0460 e. The zero-order valence-corrected chi connectivity index (χ0v) is 11.3. The Bertz CT molecular complexity index is 298. The molecule has 1 aromatic carbocycles. The Kier molecular flexibility index (Phi) is 7.25. The molecule has 0 aromatic heterocycles. The summed E-state index contributed by atoms with van der Waals surface area (Å²) in [4.78, 5) is 0. The average Bonchev–Trinajstić information content (AvgIpc) is 2.35. The molecule has 0 radical (unpaired) electrons. The van der Waals surface area contributed by atoms with Gasteiger partial charge in [-0.05, 0) is 24.1 Å². The first-order valence-corrected chi connectivity index (χ1v) is 6.87. The third-order valence-electron chi connectivity index (χ3n) is 3.07. The summed E-state index contributed by atoms with van der Waals surface area (Å²) in [5.41, 5.74) is 4.10. The second-order valence-corrected chi connectivity index (χ2v) is 4.91. The number of benzene rings is 1. The third-order valence-corrected chi connectivity index (χ3v) is 3.32. The highest BCUT2D eigenvalue weighted by Crippen LogP contribution is 2.21. The van der Waals surface area contributed by atoms with Crippen LogP contribution in [0.4, 0.5) is 0 Å². The molecule has 17 heavy (non-hydrogen) atoms. The van der Waals surface area contributed by atoms with Gasteiger partial charge in [0.1, 0.15) is 0 Å². The zero-order valence-electron chi connectivity index (χ0n) is 10.6. The molecule has 3 heteroatoms. The van der Waals surface area contributed by atoms with Gasteiger partial charge in [0.15, 0.2) is 0 Å². The van der Waals surface area contributed by atoms with Gasteiger partial charge < -0.3 is 0 Å². The summed E-state index contributed by atoms with van der Waals surface area (Å²) in [5, 5.41) is 0.771. The van der Waals surface area contributed by atoms with Crippen molar-refractivity contribution in [3.63, 3.8) is 0 Å². The zero-order chi connectivity index (χ0) is 12.5. The molecule has 0 heterocycles. The monoisotopic (exact) mass is 254 g/mol. The number of nitrogens with one attached hydrogen (secondary N) is 1. The van der Waals surface area contributed by atoms with Gasteiger partial charge in [0.05, 0.1) is 0 Å². The lowest BCUT2D eigenvalue weighted by Crippen LogP contribution is -2.27. The van der Waals surface area contributed by atoms with Gasteiger partial charge in [-0.2, -0.15) is 0 Å². The Morgan fingerprint density at radius 2 is 1.76 bits per heavy atom. The summed E-state index contributed by atoms with van der Waals surface area (Å²) in [6.45, 7) is 2.23. The molecule has 96 valence electrons. The van der Waals surface area contributed by atoms with Crippen LogP contribution < -0.4 is 11.3 Å². The molecule has 0 aliphatic heterocycles. The van der Waals surface area contributed by atoms with Crippen molar-refractivity contribution in [3.8, 4) is 0 Å². The van der Waals surface area contributed by atoms with Crippen molar-refractivity contribution in [2.45, 2.75) is 51.5 Å². The van der Waals surface area contributed by atoms with E-state index in [1.807, 2.05) is 24.3 Å². The highest BCUT2D eigenvalue weighted by molar-refractivity contribution is 6.30. The molecular formula is C14H23ClN2. The first kappa shape index (κ1) is 14.5. The molecule has 1 atom stereocenters. The predicted octanol–water partition coefficient (Wildman–Crippen LogP) is 4.20. The maximum absolute atomic E-state index is 5.87. The van der Waals surface area contributed by atoms with E-state index in [2.05, 4.69) is 12.3 Å². The Morgan fingerprint density at radius 1 is 1.12 bits per heavy atom. The van der Waals surface area contributed by atoms with Crippen molar-refractivity contribution in [2.24, 2.45) is 5.84 Å². The Morgan fingerprint density at radius 3 is 2.35 bits per heavy atom. The van der Waals surface area contributed by atoms with Gasteiger partial charge in [-0.15, -0.1) is 0 Å². The van der Waals surface area contributed by atoms with E-state index in [1.165, 1.54) is 37.7 Å². The second-order valence-electron chi connectivity index (χ2n) is 4.47. The van der Waals surface area contributed by atoms with Gasteiger partial charge in [0.25, 0.3) is 0 Å². The van der Waals surface area contributed by atoms with Crippen molar-refractivity contribution in [1.82, 2.24) is 5.43 Å². The molecular weight excluding hydrogens is 232 g/mol. The number of halogens is 1. The lowest BCUT2D eigenvalue weighted by Gasteiger charge is -2.16. The molecule has 0 bridgehead atoms. The highest BCUT2D eigenvalue weighted by atomic mass is 35.5. The van der Waals surface area contributed by atoms with E-state index >= 15 is 0 Å². The Labute approximate surface area is 110 Å². The van der Waals surface area contributed by atoms with Crippen molar-refractivity contribution < 1.29 is 0 Å². The standard InChI is InChI=1S/C14H23ClN2/c1-2-3-4-5-6-7-14(17-16)12-8-10-13(15)11-9-12/h8-11,14,17H,2-7,16H2,1H3. The highest BCUT2D eigenvalue weighted by Gasteiger charge is 2.08. The fourth-order valence-corrected chi connectivity index (χ4v) is 2.12. The molecule has 0 aliphatic rings. The molecule has 0 fully saturated rings. The van der Waals surface area contributed by atoms with Crippen LogP contribution in [0.25, 0.3) is 0 Å². The van der Waals surface area contributed by atoms with Gasteiger partial charge in [-0.25, -0.2) is 0 Å².